The van der Waals surface area contributed by atoms with Crippen molar-refractivity contribution < 1.29 is 9.90 Å². The van der Waals surface area contributed by atoms with Crippen LogP contribution in [0, 0.1) is 5.92 Å². The first-order chi connectivity index (χ1) is 9.56. The molecule has 1 rings (SSSR count). The van der Waals surface area contributed by atoms with Crippen molar-refractivity contribution in [2.45, 2.75) is 32.7 Å². The van der Waals surface area contributed by atoms with E-state index in [4.69, 9.17) is 16.7 Å². The quantitative estimate of drug-likeness (QED) is 0.724. The summed E-state index contributed by atoms with van der Waals surface area (Å²) in [5.41, 5.74) is 0.999. The van der Waals surface area contributed by atoms with Crippen molar-refractivity contribution in [2.75, 3.05) is 13.2 Å². The molecule has 4 nitrogen and oxygen atoms in total. The molecule has 0 saturated heterocycles. The summed E-state index contributed by atoms with van der Waals surface area (Å²) in [4.78, 5) is 11.9. The largest absolute Gasteiger partial charge is 0.396 e. The Kier molecular flexibility index (Phi) is 7.41. The highest BCUT2D eigenvalue weighted by Crippen LogP contribution is 2.20. The summed E-state index contributed by atoms with van der Waals surface area (Å²) in [5.74, 6) is 0.261. The summed E-state index contributed by atoms with van der Waals surface area (Å²) < 4.78 is 0. The molecule has 0 radical (unpaired) electrons. The first-order valence-corrected chi connectivity index (χ1v) is 7.35. The highest BCUT2D eigenvalue weighted by atomic mass is 35.5. The Morgan fingerprint density at radius 1 is 1.45 bits per heavy atom. The van der Waals surface area contributed by atoms with E-state index in [1.165, 1.54) is 0 Å². The van der Waals surface area contributed by atoms with E-state index < -0.39 is 0 Å². The second-order valence-corrected chi connectivity index (χ2v) is 5.42. The number of carbonyl (C=O) groups excluding carboxylic acids is 1. The lowest BCUT2D eigenvalue weighted by Crippen LogP contribution is -2.39. The van der Waals surface area contributed by atoms with Gasteiger partial charge in [-0.1, -0.05) is 37.6 Å². The van der Waals surface area contributed by atoms with Gasteiger partial charge in [0.1, 0.15) is 0 Å². The molecule has 0 spiro atoms. The predicted molar refractivity (Wildman–Crippen MR) is 81.9 cm³/mol. The first-order valence-electron chi connectivity index (χ1n) is 6.97. The third-order valence-corrected chi connectivity index (χ3v) is 3.43. The lowest BCUT2D eigenvalue weighted by Gasteiger charge is -2.19. The molecule has 5 heteroatoms. The SMILES string of the molecule is CCC(NC(=O)NCC(C)CCO)c1cccc(Cl)c1. The van der Waals surface area contributed by atoms with Gasteiger partial charge in [-0.2, -0.15) is 0 Å². The van der Waals surface area contributed by atoms with Crippen LogP contribution in [0.3, 0.4) is 0 Å². The molecule has 0 bridgehead atoms. The van der Waals surface area contributed by atoms with Crippen LogP contribution < -0.4 is 10.6 Å². The first kappa shape index (κ1) is 16.8. The number of urea groups is 1. The Morgan fingerprint density at radius 3 is 2.80 bits per heavy atom. The molecular formula is C15H23ClN2O2. The molecule has 1 aromatic carbocycles. The van der Waals surface area contributed by atoms with E-state index >= 15 is 0 Å². The summed E-state index contributed by atoms with van der Waals surface area (Å²) in [5, 5.41) is 15.2. The number of benzene rings is 1. The molecule has 0 heterocycles. The fraction of sp³-hybridized carbons (Fsp3) is 0.533. The Bertz CT molecular complexity index is 426. The van der Waals surface area contributed by atoms with Gasteiger partial charge in [-0.05, 0) is 36.5 Å². The average molecular weight is 299 g/mol. The van der Waals surface area contributed by atoms with E-state index in [2.05, 4.69) is 10.6 Å². The van der Waals surface area contributed by atoms with Crippen LogP contribution in [-0.4, -0.2) is 24.3 Å². The van der Waals surface area contributed by atoms with E-state index in [0.29, 0.717) is 18.0 Å². The van der Waals surface area contributed by atoms with Crippen molar-refractivity contribution in [3.63, 3.8) is 0 Å². The van der Waals surface area contributed by atoms with E-state index in [9.17, 15) is 4.79 Å². The minimum Gasteiger partial charge on any atom is -0.396 e. The summed E-state index contributed by atoms with van der Waals surface area (Å²) in [6.07, 6.45) is 1.48. The average Bonchev–Trinajstić information content (AvgIpc) is 2.43. The maximum Gasteiger partial charge on any atom is 0.315 e. The summed E-state index contributed by atoms with van der Waals surface area (Å²) in [6, 6.07) is 7.26. The zero-order chi connectivity index (χ0) is 15.0. The zero-order valence-corrected chi connectivity index (χ0v) is 12.8. The molecule has 0 aliphatic rings. The Balaban J connectivity index is 2.50. The van der Waals surface area contributed by atoms with Crippen molar-refractivity contribution in [2.24, 2.45) is 5.92 Å². The topological polar surface area (TPSA) is 61.4 Å². The van der Waals surface area contributed by atoms with Gasteiger partial charge in [0.05, 0.1) is 6.04 Å². The number of aliphatic hydroxyl groups is 1. The third-order valence-electron chi connectivity index (χ3n) is 3.20. The number of halogens is 1. The molecule has 112 valence electrons. The van der Waals surface area contributed by atoms with Gasteiger partial charge in [-0.3, -0.25) is 0 Å². The lowest BCUT2D eigenvalue weighted by molar-refractivity contribution is 0.230. The monoisotopic (exact) mass is 298 g/mol. The molecule has 0 aliphatic heterocycles. The highest BCUT2D eigenvalue weighted by molar-refractivity contribution is 6.30. The van der Waals surface area contributed by atoms with Crippen LogP contribution in [0.4, 0.5) is 4.79 Å². The normalized spacial score (nSPS) is 13.6. The van der Waals surface area contributed by atoms with Gasteiger partial charge in [-0.15, -0.1) is 0 Å². The van der Waals surface area contributed by atoms with Crippen molar-refractivity contribution in [3.05, 3.63) is 34.9 Å². The predicted octanol–water partition coefficient (Wildman–Crippen LogP) is 3.11. The van der Waals surface area contributed by atoms with Crippen LogP contribution in [0.2, 0.25) is 5.02 Å². The second-order valence-electron chi connectivity index (χ2n) is 4.99. The fourth-order valence-corrected chi connectivity index (χ4v) is 2.14. The standard InChI is InChI=1S/C15H23ClN2O2/c1-3-14(12-5-4-6-13(16)9-12)18-15(20)17-10-11(2)7-8-19/h4-6,9,11,14,19H,3,7-8,10H2,1-2H3,(H2,17,18,20). The van der Waals surface area contributed by atoms with E-state index in [1.807, 2.05) is 38.1 Å². The minimum atomic E-state index is -0.193. The minimum absolute atomic E-state index is 0.0538. The Hall–Kier alpha value is -1.26. The maximum atomic E-state index is 11.9. The van der Waals surface area contributed by atoms with Crippen molar-refractivity contribution in [1.82, 2.24) is 10.6 Å². The number of nitrogens with one attached hydrogen (secondary N) is 2. The number of aliphatic hydroxyl groups excluding tert-OH is 1. The second kappa shape index (κ2) is 8.82. The smallest absolute Gasteiger partial charge is 0.315 e. The van der Waals surface area contributed by atoms with Crippen molar-refractivity contribution in [3.8, 4) is 0 Å². The van der Waals surface area contributed by atoms with Gasteiger partial charge in [0.2, 0.25) is 0 Å². The van der Waals surface area contributed by atoms with Gasteiger partial charge >= 0.3 is 6.03 Å². The number of carbonyl (C=O) groups is 1. The van der Waals surface area contributed by atoms with Crippen LogP contribution in [-0.2, 0) is 0 Å². The number of rotatable bonds is 7. The van der Waals surface area contributed by atoms with E-state index in [-0.39, 0.29) is 24.6 Å². The van der Waals surface area contributed by atoms with Crippen LogP contribution >= 0.6 is 11.6 Å². The van der Waals surface area contributed by atoms with Crippen LogP contribution in [0.5, 0.6) is 0 Å². The van der Waals surface area contributed by atoms with Gasteiger partial charge in [0.25, 0.3) is 0 Å². The molecular weight excluding hydrogens is 276 g/mol. The van der Waals surface area contributed by atoms with Gasteiger partial charge in [0, 0.05) is 18.2 Å². The van der Waals surface area contributed by atoms with Crippen LogP contribution in [0.1, 0.15) is 38.3 Å². The number of hydrogen-bond donors (Lipinski definition) is 3. The van der Waals surface area contributed by atoms with E-state index in [0.717, 1.165) is 12.0 Å². The Labute approximate surface area is 125 Å². The van der Waals surface area contributed by atoms with Crippen LogP contribution in [0.25, 0.3) is 0 Å². The van der Waals surface area contributed by atoms with E-state index in [1.54, 1.807) is 0 Å². The summed E-state index contributed by atoms with van der Waals surface area (Å²) >= 11 is 5.97. The van der Waals surface area contributed by atoms with Crippen molar-refractivity contribution >= 4 is 17.6 Å². The third kappa shape index (κ3) is 5.80. The highest BCUT2D eigenvalue weighted by Gasteiger charge is 2.13. The lowest BCUT2D eigenvalue weighted by atomic mass is 10.0. The molecule has 0 aromatic heterocycles. The molecule has 0 saturated carbocycles. The molecule has 1 aromatic rings. The number of hydrogen-bond acceptors (Lipinski definition) is 2. The molecule has 2 unspecified atom stereocenters. The maximum absolute atomic E-state index is 11.9. The van der Waals surface area contributed by atoms with Crippen molar-refractivity contribution in [1.29, 1.82) is 0 Å². The van der Waals surface area contributed by atoms with Gasteiger partial charge in [0.15, 0.2) is 0 Å². The zero-order valence-electron chi connectivity index (χ0n) is 12.0. The van der Waals surface area contributed by atoms with Crippen LogP contribution in [0.15, 0.2) is 24.3 Å². The summed E-state index contributed by atoms with van der Waals surface area (Å²) in [7, 11) is 0. The Morgan fingerprint density at radius 2 is 2.20 bits per heavy atom. The van der Waals surface area contributed by atoms with Gasteiger partial charge in [-0.25, -0.2) is 4.79 Å². The molecule has 3 N–H and O–H groups in total. The molecule has 20 heavy (non-hydrogen) atoms. The molecule has 0 fully saturated rings. The fourth-order valence-electron chi connectivity index (χ4n) is 1.94. The van der Waals surface area contributed by atoms with Gasteiger partial charge < -0.3 is 15.7 Å². The molecule has 2 amide bonds. The summed E-state index contributed by atoms with van der Waals surface area (Å²) in [6.45, 7) is 4.70. The number of amides is 2. The molecule has 2 atom stereocenters. The molecule has 0 aliphatic carbocycles.